The van der Waals surface area contributed by atoms with Crippen LogP contribution in [0.1, 0.15) is 39.0 Å². The third-order valence-corrected chi connectivity index (χ3v) is 4.55. The van der Waals surface area contributed by atoms with E-state index in [1.807, 2.05) is 68.3 Å². The van der Waals surface area contributed by atoms with E-state index in [0.29, 0.717) is 10.8 Å². The molecule has 1 aromatic heterocycles. The molecular weight excluding hydrogens is 346 g/mol. The Balaban J connectivity index is 1.94. The van der Waals surface area contributed by atoms with Gasteiger partial charge in [-0.25, -0.2) is 4.98 Å². The largest absolute Gasteiger partial charge is 0.338 e. The Bertz CT molecular complexity index is 758. The van der Waals surface area contributed by atoms with Gasteiger partial charge in [0.25, 0.3) is 0 Å². The SMILES string of the molecule is CC(C)N(C(=O)Cc1csc(NC(=O)/C=C/c2ccccc2)n1)C(C)C. The lowest BCUT2D eigenvalue weighted by molar-refractivity contribution is -0.134. The summed E-state index contributed by atoms with van der Waals surface area (Å²) in [5.41, 5.74) is 1.63. The number of carbonyl (C=O) groups is 2. The first-order valence-electron chi connectivity index (χ1n) is 8.66. The van der Waals surface area contributed by atoms with E-state index in [2.05, 4.69) is 10.3 Å². The molecule has 0 saturated heterocycles. The Hall–Kier alpha value is -2.47. The van der Waals surface area contributed by atoms with Gasteiger partial charge in [0.2, 0.25) is 11.8 Å². The van der Waals surface area contributed by atoms with E-state index < -0.39 is 0 Å². The van der Waals surface area contributed by atoms with Crippen molar-refractivity contribution in [2.75, 3.05) is 5.32 Å². The van der Waals surface area contributed by atoms with Gasteiger partial charge in [0, 0.05) is 23.5 Å². The normalized spacial score (nSPS) is 11.3. The molecule has 5 nitrogen and oxygen atoms in total. The average Bonchev–Trinajstić information content (AvgIpc) is 3.00. The van der Waals surface area contributed by atoms with Crippen LogP contribution in [0.3, 0.4) is 0 Å². The molecule has 0 aliphatic carbocycles. The van der Waals surface area contributed by atoms with Crippen LogP contribution in [0, 0.1) is 0 Å². The smallest absolute Gasteiger partial charge is 0.250 e. The fraction of sp³-hybridized carbons (Fsp3) is 0.350. The molecule has 0 aliphatic heterocycles. The van der Waals surface area contributed by atoms with Crippen molar-refractivity contribution in [2.24, 2.45) is 0 Å². The summed E-state index contributed by atoms with van der Waals surface area (Å²) in [4.78, 5) is 30.7. The minimum absolute atomic E-state index is 0.0437. The molecule has 1 aromatic carbocycles. The zero-order valence-corrected chi connectivity index (χ0v) is 16.4. The van der Waals surface area contributed by atoms with Gasteiger partial charge in [-0.05, 0) is 39.3 Å². The Kier molecular flexibility index (Phi) is 7.09. The summed E-state index contributed by atoms with van der Waals surface area (Å²) >= 11 is 1.32. The molecule has 0 atom stereocenters. The van der Waals surface area contributed by atoms with Crippen LogP contribution in [-0.4, -0.2) is 33.8 Å². The predicted molar refractivity (Wildman–Crippen MR) is 107 cm³/mol. The van der Waals surface area contributed by atoms with Gasteiger partial charge in [-0.2, -0.15) is 0 Å². The van der Waals surface area contributed by atoms with Crippen LogP contribution in [0.2, 0.25) is 0 Å². The molecule has 2 amide bonds. The molecule has 0 unspecified atom stereocenters. The molecule has 1 heterocycles. The van der Waals surface area contributed by atoms with E-state index in [4.69, 9.17) is 0 Å². The number of amides is 2. The van der Waals surface area contributed by atoms with Crippen LogP contribution in [0.4, 0.5) is 5.13 Å². The first-order chi connectivity index (χ1) is 12.4. The highest BCUT2D eigenvalue weighted by Gasteiger charge is 2.21. The summed E-state index contributed by atoms with van der Waals surface area (Å²) in [6.45, 7) is 8.01. The van der Waals surface area contributed by atoms with Crippen molar-refractivity contribution in [1.82, 2.24) is 9.88 Å². The fourth-order valence-corrected chi connectivity index (χ4v) is 3.46. The second kappa shape index (κ2) is 9.29. The molecule has 0 spiro atoms. The van der Waals surface area contributed by atoms with Gasteiger partial charge in [0.15, 0.2) is 5.13 Å². The number of hydrogen-bond donors (Lipinski definition) is 1. The molecule has 0 fully saturated rings. The zero-order valence-electron chi connectivity index (χ0n) is 15.6. The average molecular weight is 372 g/mol. The maximum absolute atomic E-state index is 12.5. The third kappa shape index (κ3) is 5.81. The summed E-state index contributed by atoms with van der Waals surface area (Å²) in [6.07, 6.45) is 3.46. The molecule has 0 bridgehead atoms. The lowest BCUT2D eigenvalue weighted by Gasteiger charge is -2.30. The lowest BCUT2D eigenvalue weighted by Crippen LogP contribution is -2.42. The van der Waals surface area contributed by atoms with Crippen molar-refractivity contribution < 1.29 is 9.59 Å². The van der Waals surface area contributed by atoms with Crippen molar-refractivity contribution in [3.8, 4) is 0 Å². The quantitative estimate of drug-likeness (QED) is 0.749. The van der Waals surface area contributed by atoms with Crippen LogP contribution >= 0.6 is 11.3 Å². The van der Waals surface area contributed by atoms with Crippen LogP contribution in [0.15, 0.2) is 41.8 Å². The Morgan fingerprint density at radius 2 is 1.81 bits per heavy atom. The maximum Gasteiger partial charge on any atom is 0.250 e. The number of thiazole rings is 1. The Morgan fingerprint density at radius 3 is 2.42 bits per heavy atom. The minimum Gasteiger partial charge on any atom is -0.338 e. The maximum atomic E-state index is 12.5. The van der Waals surface area contributed by atoms with Crippen LogP contribution < -0.4 is 5.32 Å². The summed E-state index contributed by atoms with van der Waals surface area (Å²) in [6, 6.07) is 9.89. The molecule has 26 heavy (non-hydrogen) atoms. The molecule has 6 heteroatoms. The first kappa shape index (κ1) is 19.8. The van der Waals surface area contributed by atoms with E-state index >= 15 is 0 Å². The van der Waals surface area contributed by atoms with Gasteiger partial charge in [0.05, 0.1) is 12.1 Å². The number of hydrogen-bond acceptors (Lipinski definition) is 4. The van der Waals surface area contributed by atoms with Gasteiger partial charge in [0.1, 0.15) is 0 Å². The summed E-state index contributed by atoms with van der Waals surface area (Å²) in [5, 5.41) is 5.05. The molecule has 138 valence electrons. The molecule has 2 rings (SSSR count). The van der Waals surface area contributed by atoms with E-state index in [-0.39, 0.29) is 30.3 Å². The number of nitrogens with zero attached hydrogens (tertiary/aromatic N) is 2. The third-order valence-electron chi connectivity index (χ3n) is 3.74. The van der Waals surface area contributed by atoms with Gasteiger partial charge in [-0.3, -0.25) is 14.9 Å². The van der Waals surface area contributed by atoms with Crippen molar-refractivity contribution >= 4 is 34.4 Å². The molecular formula is C20H25N3O2S. The number of aromatic nitrogens is 1. The van der Waals surface area contributed by atoms with Crippen molar-refractivity contribution in [3.05, 3.63) is 53.0 Å². The number of nitrogens with one attached hydrogen (secondary N) is 1. The standard InChI is InChI=1S/C20H25N3O2S/c1-14(2)23(15(3)4)19(25)12-17-13-26-20(21-17)22-18(24)11-10-16-8-6-5-7-9-16/h5-11,13-15H,12H2,1-4H3,(H,21,22,24)/b11-10+. The van der Waals surface area contributed by atoms with E-state index in [1.165, 1.54) is 17.4 Å². The topological polar surface area (TPSA) is 62.3 Å². The molecule has 2 aromatic rings. The lowest BCUT2D eigenvalue weighted by atomic mass is 10.2. The molecule has 1 N–H and O–H groups in total. The van der Waals surface area contributed by atoms with Gasteiger partial charge < -0.3 is 4.90 Å². The minimum atomic E-state index is -0.243. The van der Waals surface area contributed by atoms with E-state index in [1.54, 1.807) is 6.08 Å². The number of rotatable bonds is 7. The van der Waals surface area contributed by atoms with E-state index in [9.17, 15) is 9.59 Å². The van der Waals surface area contributed by atoms with Crippen molar-refractivity contribution in [2.45, 2.75) is 46.2 Å². The molecule has 0 aliphatic rings. The molecule has 0 saturated carbocycles. The van der Waals surface area contributed by atoms with Crippen molar-refractivity contribution in [3.63, 3.8) is 0 Å². The highest BCUT2D eigenvalue weighted by atomic mass is 32.1. The van der Waals surface area contributed by atoms with Crippen LogP contribution in [0.25, 0.3) is 6.08 Å². The highest BCUT2D eigenvalue weighted by Crippen LogP contribution is 2.17. The van der Waals surface area contributed by atoms with Gasteiger partial charge >= 0.3 is 0 Å². The number of carbonyl (C=O) groups excluding carboxylic acids is 2. The first-order valence-corrected chi connectivity index (χ1v) is 9.54. The Labute approximate surface area is 158 Å². The van der Waals surface area contributed by atoms with Crippen LogP contribution in [-0.2, 0) is 16.0 Å². The predicted octanol–water partition coefficient (Wildman–Crippen LogP) is 3.98. The second-order valence-electron chi connectivity index (χ2n) is 6.54. The molecule has 0 radical (unpaired) electrons. The Morgan fingerprint density at radius 1 is 1.15 bits per heavy atom. The van der Waals surface area contributed by atoms with Crippen molar-refractivity contribution in [1.29, 1.82) is 0 Å². The fourth-order valence-electron chi connectivity index (χ4n) is 2.75. The number of anilines is 1. The summed E-state index contributed by atoms with van der Waals surface area (Å²) in [5.74, 6) is -0.200. The monoisotopic (exact) mass is 371 g/mol. The van der Waals surface area contributed by atoms with Gasteiger partial charge in [-0.1, -0.05) is 30.3 Å². The summed E-state index contributed by atoms with van der Waals surface area (Å²) in [7, 11) is 0. The van der Waals surface area contributed by atoms with Crippen LogP contribution in [0.5, 0.6) is 0 Å². The van der Waals surface area contributed by atoms with Gasteiger partial charge in [-0.15, -0.1) is 11.3 Å². The number of benzene rings is 1. The summed E-state index contributed by atoms with van der Waals surface area (Å²) < 4.78 is 0. The second-order valence-corrected chi connectivity index (χ2v) is 7.40. The van der Waals surface area contributed by atoms with E-state index in [0.717, 1.165) is 5.56 Å². The highest BCUT2D eigenvalue weighted by molar-refractivity contribution is 7.14. The zero-order chi connectivity index (χ0) is 19.1.